The van der Waals surface area contributed by atoms with Crippen molar-refractivity contribution >= 4 is 0 Å². The summed E-state index contributed by atoms with van der Waals surface area (Å²) >= 11 is 0. The Morgan fingerprint density at radius 3 is 2.50 bits per heavy atom. The lowest BCUT2D eigenvalue weighted by Crippen LogP contribution is -2.60. The lowest BCUT2D eigenvalue weighted by Gasteiger charge is -2.39. The first-order valence-corrected chi connectivity index (χ1v) is 10.7. The highest BCUT2D eigenvalue weighted by Gasteiger charge is 2.45. The van der Waals surface area contributed by atoms with Gasteiger partial charge in [0.25, 0.3) is 0 Å². The molecule has 0 saturated carbocycles. The third-order valence-corrected chi connectivity index (χ3v) is 6.10. The largest absolute Gasteiger partial charge is 0.497 e. The molecule has 32 heavy (non-hydrogen) atoms. The zero-order valence-corrected chi connectivity index (χ0v) is 18.1. The first kappa shape index (κ1) is 23.0. The van der Waals surface area contributed by atoms with Crippen molar-refractivity contribution in [3.63, 3.8) is 0 Å². The first-order valence-electron chi connectivity index (χ1n) is 10.7. The Morgan fingerprint density at radius 2 is 1.88 bits per heavy atom. The first-order chi connectivity index (χ1) is 15.4. The predicted molar refractivity (Wildman–Crippen MR) is 112 cm³/mol. The fourth-order valence-corrected chi connectivity index (χ4v) is 4.12. The van der Waals surface area contributed by atoms with Crippen molar-refractivity contribution in [1.82, 2.24) is 9.78 Å². The van der Waals surface area contributed by atoms with Gasteiger partial charge in [0.15, 0.2) is 0 Å². The van der Waals surface area contributed by atoms with E-state index in [0.717, 1.165) is 29.0 Å². The Morgan fingerprint density at radius 1 is 1.12 bits per heavy atom. The second-order valence-corrected chi connectivity index (χ2v) is 8.17. The Kier molecular flexibility index (Phi) is 6.99. The summed E-state index contributed by atoms with van der Waals surface area (Å²) in [5, 5.41) is 44.6. The number of methoxy groups -OCH3 is 1. The van der Waals surface area contributed by atoms with Gasteiger partial charge < -0.3 is 39.4 Å². The van der Waals surface area contributed by atoms with E-state index in [9.17, 15) is 20.4 Å². The maximum absolute atomic E-state index is 10.4. The number of benzene rings is 1. The van der Waals surface area contributed by atoms with Crippen molar-refractivity contribution in [2.24, 2.45) is 0 Å². The molecule has 10 heteroatoms. The van der Waals surface area contributed by atoms with E-state index >= 15 is 0 Å². The van der Waals surface area contributed by atoms with Gasteiger partial charge in [-0.1, -0.05) is 12.1 Å². The minimum atomic E-state index is -1.53. The third-order valence-electron chi connectivity index (χ3n) is 6.10. The Hall–Kier alpha value is -2.21. The highest BCUT2D eigenvalue weighted by molar-refractivity contribution is 5.38. The number of ether oxygens (including phenoxy) is 4. The molecule has 4 rings (SSSR count). The van der Waals surface area contributed by atoms with Crippen LogP contribution in [0.3, 0.4) is 0 Å². The van der Waals surface area contributed by atoms with Gasteiger partial charge in [-0.3, -0.25) is 4.68 Å². The summed E-state index contributed by atoms with van der Waals surface area (Å²) < 4.78 is 24.1. The molecule has 0 amide bonds. The number of nitrogens with zero attached hydrogens (tertiary/aromatic N) is 2. The zero-order valence-electron chi connectivity index (χ0n) is 18.1. The van der Waals surface area contributed by atoms with E-state index in [0.29, 0.717) is 19.6 Å². The molecule has 2 fully saturated rings. The van der Waals surface area contributed by atoms with Gasteiger partial charge in [0.05, 0.1) is 26.4 Å². The fraction of sp³-hybridized carbons (Fsp3) is 0.591. The topological polar surface area (TPSA) is 136 Å². The van der Waals surface area contributed by atoms with Crippen molar-refractivity contribution in [1.29, 1.82) is 0 Å². The summed E-state index contributed by atoms with van der Waals surface area (Å²) in [5.74, 6) is 1.01. The average Bonchev–Trinajstić information content (AvgIpc) is 3.44. The summed E-state index contributed by atoms with van der Waals surface area (Å²) in [5.41, 5.74) is 2.71. The van der Waals surface area contributed by atoms with Crippen LogP contribution < -0.4 is 9.47 Å². The average molecular weight is 450 g/mol. The monoisotopic (exact) mass is 450 g/mol. The van der Waals surface area contributed by atoms with Crippen molar-refractivity contribution < 1.29 is 39.4 Å². The number of hydrogen-bond donors (Lipinski definition) is 4. The number of aromatic nitrogens is 2. The van der Waals surface area contributed by atoms with Crippen LogP contribution in [0.5, 0.6) is 11.6 Å². The van der Waals surface area contributed by atoms with Gasteiger partial charge in [0.2, 0.25) is 12.2 Å². The molecule has 4 N–H and O–H groups in total. The molecule has 0 bridgehead atoms. The predicted octanol–water partition coefficient (Wildman–Crippen LogP) is -0.0690. The van der Waals surface area contributed by atoms with E-state index in [4.69, 9.17) is 18.9 Å². The molecule has 0 aliphatic carbocycles. The van der Waals surface area contributed by atoms with E-state index < -0.39 is 37.3 Å². The third kappa shape index (κ3) is 4.47. The van der Waals surface area contributed by atoms with Crippen LogP contribution in [0.25, 0.3) is 0 Å². The SMILES string of the molecule is COc1ccc(Cc2c(O[C@@H]3O[C@H](CO)[C@@H](O)[C@H](O)[C@H]3O)nn(C3CCOC3)c2C)cc1. The Labute approximate surface area is 185 Å². The van der Waals surface area contributed by atoms with Gasteiger partial charge >= 0.3 is 0 Å². The maximum Gasteiger partial charge on any atom is 0.239 e. The van der Waals surface area contributed by atoms with Crippen LogP contribution in [-0.4, -0.2) is 87.8 Å². The molecular formula is C22H30N2O8. The summed E-state index contributed by atoms with van der Waals surface area (Å²) in [6.45, 7) is 2.62. The molecule has 0 radical (unpaired) electrons. The standard InChI is InChI=1S/C22H30N2O8/c1-12-16(9-13-3-5-15(29-2)6-4-13)21(23-24(12)14-7-8-30-11-14)32-22-20(28)19(27)18(26)17(10-25)31-22/h3-6,14,17-20,22,25-28H,7-11H2,1-2H3/t14?,17-,18-,19+,20-,22+/m1/s1. The van der Waals surface area contributed by atoms with Crippen LogP contribution in [0.2, 0.25) is 0 Å². The maximum atomic E-state index is 10.4. The van der Waals surface area contributed by atoms with E-state index in [1.54, 1.807) is 7.11 Å². The number of rotatable bonds is 7. The van der Waals surface area contributed by atoms with Crippen LogP contribution in [0, 0.1) is 6.92 Å². The molecule has 2 aliphatic rings. The van der Waals surface area contributed by atoms with Gasteiger partial charge in [0, 0.05) is 24.3 Å². The molecule has 1 aromatic heterocycles. The molecule has 1 aromatic carbocycles. The van der Waals surface area contributed by atoms with Gasteiger partial charge in [-0.15, -0.1) is 5.10 Å². The van der Waals surface area contributed by atoms with Crippen molar-refractivity contribution in [2.45, 2.75) is 56.5 Å². The zero-order chi connectivity index (χ0) is 22.8. The van der Waals surface area contributed by atoms with E-state index in [-0.39, 0.29) is 11.9 Å². The van der Waals surface area contributed by atoms with E-state index in [2.05, 4.69) is 5.10 Å². The number of aliphatic hydroxyl groups excluding tert-OH is 4. The highest BCUT2D eigenvalue weighted by Crippen LogP contribution is 2.32. The molecule has 176 valence electrons. The molecule has 2 aromatic rings. The van der Waals surface area contributed by atoms with Crippen molar-refractivity contribution in [2.75, 3.05) is 26.9 Å². The molecule has 0 spiro atoms. The number of aliphatic hydroxyl groups is 4. The molecule has 6 atom stereocenters. The van der Waals surface area contributed by atoms with Crippen LogP contribution in [-0.2, 0) is 15.9 Å². The Bertz CT molecular complexity index is 894. The molecule has 10 nitrogen and oxygen atoms in total. The number of hydrogen-bond acceptors (Lipinski definition) is 9. The summed E-state index contributed by atoms with van der Waals surface area (Å²) in [6, 6.07) is 7.71. The normalized spacial score (nSPS) is 30.4. The van der Waals surface area contributed by atoms with Crippen LogP contribution in [0.4, 0.5) is 0 Å². The molecule has 3 heterocycles. The lowest BCUT2D eigenvalue weighted by atomic mass is 9.99. The minimum absolute atomic E-state index is 0.0665. The van der Waals surface area contributed by atoms with Crippen molar-refractivity contribution in [3.8, 4) is 11.6 Å². The van der Waals surface area contributed by atoms with Gasteiger partial charge in [-0.05, 0) is 31.0 Å². The second-order valence-electron chi connectivity index (χ2n) is 8.17. The van der Waals surface area contributed by atoms with Gasteiger partial charge in [-0.2, -0.15) is 0 Å². The highest BCUT2D eigenvalue weighted by atomic mass is 16.7. The molecular weight excluding hydrogens is 420 g/mol. The fourth-order valence-electron chi connectivity index (χ4n) is 4.12. The van der Waals surface area contributed by atoms with E-state index in [1.165, 1.54) is 0 Å². The van der Waals surface area contributed by atoms with Gasteiger partial charge in [0.1, 0.15) is 30.2 Å². The second kappa shape index (κ2) is 9.74. The quantitative estimate of drug-likeness (QED) is 0.457. The molecule has 2 aliphatic heterocycles. The van der Waals surface area contributed by atoms with E-state index in [1.807, 2.05) is 35.9 Å². The minimum Gasteiger partial charge on any atom is -0.497 e. The summed E-state index contributed by atoms with van der Waals surface area (Å²) in [6.07, 6.45) is -5.52. The smallest absolute Gasteiger partial charge is 0.239 e. The lowest BCUT2D eigenvalue weighted by molar-refractivity contribution is -0.278. The Balaban J connectivity index is 1.64. The van der Waals surface area contributed by atoms with Crippen molar-refractivity contribution in [3.05, 3.63) is 41.1 Å². The molecule has 1 unspecified atom stereocenters. The van der Waals surface area contributed by atoms with Crippen LogP contribution in [0.15, 0.2) is 24.3 Å². The van der Waals surface area contributed by atoms with Crippen LogP contribution in [0.1, 0.15) is 29.3 Å². The van der Waals surface area contributed by atoms with Gasteiger partial charge in [-0.25, -0.2) is 0 Å². The molecule has 2 saturated heterocycles. The summed E-state index contributed by atoms with van der Waals surface area (Å²) in [4.78, 5) is 0. The van der Waals surface area contributed by atoms with Crippen LogP contribution >= 0.6 is 0 Å². The summed E-state index contributed by atoms with van der Waals surface area (Å²) in [7, 11) is 1.61.